The highest BCUT2D eigenvalue weighted by molar-refractivity contribution is 5.79. The van der Waals surface area contributed by atoms with Crippen molar-refractivity contribution in [2.75, 3.05) is 7.11 Å². The minimum absolute atomic E-state index is 0.0395. The van der Waals surface area contributed by atoms with Crippen LogP contribution in [0.3, 0.4) is 0 Å². The Balaban J connectivity index is 1.59. The number of hydrogen-bond donors (Lipinski definition) is 0. The van der Waals surface area contributed by atoms with Crippen LogP contribution in [-0.2, 0) is 23.8 Å². The molecule has 4 saturated carbocycles. The average molecular weight is 395 g/mol. The number of carbonyl (C=O) groups is 2. The van der Waals surface area contributed by atoms with E-state index in [0.29, 0.717) is 0 Å². The monoisotopic (exact) mass is 394 g/mol. The van der Waals surface area contributed by atoms with Crippen LogP contribution in [0.5, 0.6) is 0 Å². The Morgan fingerprint density at radius 2 is 1.50 bits per heavy atom. The van der Waals surface area contributed by atoms with Gasteiger partial charge in [-0.3, -0.25) is 9.59 Å². The Kier molecular flexibility index (Phi) is 6.15. The molecular weight excluding hydrogens is 356 g/mol. The van der Waals surface area contributed by atoms with Gasteiger partial charge in [0.2, 0.25) is 0 Å². The smallest absolute Gasteiger partial charge is 0.309 e. The van der Waals surface area contributed by atoms with Gasteiger partial charge < -0.3 is 14.2 Å². The molecule has 4 aliphatic carbocycles. The largest absolute Gasteiger partial charge is 0.460 e. The standard InChI is InChI=1S/C23H38O5/c1-14(7-19(24)28-22(3,4)5)21(25)27-15(2)20(26-6)23-11-16-8-17(12-23)10-18(9-16)13-23/h14-18,20H,7-13H2,1-6H3/t14-,15+,16?,17?,18?,20-,23?/m1/s1. The molecule has 5 heteroatoms. The molecule has 0 unspecified atom stereocenters. The predicted octanol–water partition coefficient (Wildman–Crippen LogP) is 4.52. The van der Waals surface area contributed by atoms with Gasteiger partial charge in [-0.15, -0.1) is 0 Å². The van der Waals surface area contributed by atoms with Gasteiger partial charge in [0.25, 0.3) is 0 Å². The first-order valence-electron chi connectivity index (χ1n) is 11.0. The number of ether oxygens (including phenoxy) is 3. The second-order valence-corrected chi connectivity index (χ2v) is 10.8. The fourth-order valence-electron chi connectivity index (χ4n) is 6.54. The molecule has 0 aromatic carbocycles. The molecule has 0 amide bonds. The minimum Gasteiger partial charge on any atom is -0.460 e. The van der Waals surface area contributed by atoms with Gasteiger partial charge in [0.1, 0.15) is 11.7 Å². The van der Waals surface area contributed by atoms with E-state index in [1.54, 1.807) is 14.0 Å². The highest BCUT2D eigenvalue weighted by Crippen LogP contribution is 2.62. The molecule has 28 heavy (non-hydrogen) atoms. The fraction of sp³-hybridized carbons (Fsp3) is 0.913. The third-order valence-electron chi connectivity index (χ3n) is 6.97. The second kappa shape index (κ2) is 7.97. The summed E-state index contributed by atoms with van der Waals surface area (Å²) >= 11 is 0. The molecule has 0 aromatic heterocycles. The molecule has 0 aromatic rings. The van der Waals surface area contributed by atoms with Crippen LogP contribution in [0.15, 0.2) is 0 Å². The highest BCUT2D eigenvalue weighted by Gasteiger charge is 2.56. The Hall–Kier alpha value is -1.10. The van der Waals surface area contributed by atoms with Crippen molar-refractivity contribution in [2.24, 2.45) is 29.1 Å². The Morgan fingerprint density at radius 3 is 1.93 bits per heavy atom. The van der Waals surface area contributed by atoms with Crippen LogP contribution in [0.2, 0.25) is 0 Å². The molecule has 0 heterocycles. The number of rotatable bonds is 7. The summed E-state index contributed by atoms with van der Waals surface area (Å²) in [6.07, 6.45) is 7.38. The van der Waals surface area contributed by atoms with Crippen molar-refractivity contribution in [1.29, 1.82) is 0 Å². The lowest BCUT2D eigenvalue weighted by atomic mass is 9.47. The maximum Gasteiger partial charge on any atom is 0.309 e. The van der Waals surface area contributed by atoms with Gasteiger partial charge in [-0.1, -0.05) is 6.92 Å². The van der Waals surface area contributed by atoms with Gasteiger partial charge in [-0.2, -0.15) is 0 Å². The zero-order valence-electron chi connectivity index (χ0n) is 18.5. The molecule has 0 radical (unpaired) electrons. The SMILES string of the molecule is CO[C@H]([C@H](C)OC(=O)[C@H](C)CC(=O)OC(C)(C)C)C12CC3CC(CC(C3)C1)C2. The molecule has 5 nitrogen and oxygen atoms in total. The van der Waals surface area contributed by atoms with Crippen LogP contribution in [0.1, 0.15) is 79.6 Å². The Bertz CT molecular complexity index is 555. The van der Waals surface area contributed by atoms with Gasteiger partial charge >= 0.3 is 11.9 Å². The molecule has 0 saturated heterocycles. The maximum absolute atomic E-state index is 12.6. The average Bonchev–Trinajstić information content (AvgIpc) is 2.51. The van der Waals surface area contributed by atoms with Crippen LogP contribution in [0.4, 0.5) is 0 Å². The Morgan fingerprint density at radius 1 is 1.00 bits per heavy atom. The summed E-state index contributed by atoms with van der Waals surface area (Å²) in [5, 5.41) is 0. The van der Waals surface area contributed by atoms with Crippen molar-refractivity contribution in [3.05, 3.63) is 0 Å². The van der Waals surface area contributed by atoms with E-state index in [1.165, 1.54) is 38.5 Å². The third-order valence-corrected chi connectivity index (χ3v) is 6.97. The summed E-state index contributed by atoms with van der Waals surface area (Å²) < 4.78 is 17.1. The Labute approximate surface area is 169 Å². The summed E-state index contributed by atoms with van der Waals surface area (Å²) in [6.45, 7) is 9.15. The molecule has 4 fully saturated rings. The van der Waals surface area contributed by atoms with Crippen LogP contribution in [-0.4, -0.2) is 36.9 Å². The summed E-state index contributed by atoms with van der Waals surface area (Å²) in [5.41, 5.74) is -0.398. The van der Waals surface area contributed by atoms with Gasteiger partial charge in [0.15, 0.2) is 0 Å². The lowest BCUT2D eigenvalue weighted by Crippen LogP contribution is -2.55. The van der Waals surface area contributed by atoms with Gasteiger partial charge in [-0.25, -0.2) is 0 Å². The second-order valence-electron chi connectivity index (χ2n) is 10.8. The quantitative estimate of drug-likeness (QED) is 0.594. The number of hydrogen-bond acceptors (Lipinski definition) is 5. The normalized spacial score (nSPS) is 34.6. The summed E-state index contributed by atoms with van der Waals surface area (Å²) in [5.74, 6) is 1.22. The summed E-state index contributed by atoms with van der Waals surface area (Å²) in [4.78, 5) is 24.6. The molecule has 4 rings (SSSR count). The van der Waals surface area contributed by atoms with E-state index in [-0.39, 0.29) is 36.0 Å². The van der Waals surface area contributed by atoms with Crippen molar-refractivity contribution in [2.45, 2.75) is 97.4 Å². The first-order valence-corrected chi connectivity index (χ1v) is 11.0. The van der Waals surface area contributed by atoms with Crippen molar-refractivity contribution < 1.29 is 23.8 Å². The van der Waals surface area contributed by atoms with E-state index >= 15 is 0 Å². The summed E-state index contributed by atoms with van der Waals surface area (Å²) in [7, 11) is 1.75. The van der Waals surface area contributed by atoms with E-state index in [9.17, 15) is 9.59 Å². The first kappa shape index (κ1) is 21.6. The van der Waals surface area contributed by atoms with E-state index in [4.69, 9.17) is 14.2 Å². The van der Waals surface area contributed by atoms with Crippen molar-refractivity contribution >= 4 is 11.9 Å². The van der Waals surface area contributed by atoms with Crippen molar-refractivity contribution in [3.8, 4) is 0 Å². The fourth-order valence-corrected chi connectivity index (χ4v) is 6.54. The number of esters is 2. The zero-order valence-corrected chi connectivity index (χ0v) is 18.5. The zero-order chi connectivity index (χ0) is 20.7. The predicted molar refractivity (Wildman–Crippen MR) is 107 cm³/mol. The topological polar surface area (TPSA) is 61.8 Å². The third kappa shape index (κ3) is 4.72. The van der Waals surface area contributed by atoms with E-state index in [0.717, 1.165) is 17.8 Å². The van der Waals surface area contributed by atoms with Crippen LogP contribution < -0.4 is 0 Å². The first-order chi connectivity index (χ1) is 13.0. The molecule has 3 atom stereocenters. The lowest BCUT2D eigenvalue weighted by molar-refractivity contribution is -0.187. The van der Waals surface area contributed by atoms with Gasteiger partial charge in [-0.05, 0) is 84.0 Å². The highest BCUT2D eigenvalue weighted by atomic mass is 16.6. The molecular formula is C23H38O5. The van der Waals surface area contributed by atoms with E-state index in [2.05, 4.69) is 0 Å². The van der Waals surface area contributed by atoms with Crippen LogP contribution >= 0.6 is 0 Å². The molecule has 0 spiro atoms. The molecule has 160 valence electrons. The van der Waals surface area contributed by atoms with E-state index < -0.39 is 11.5 Å². The molecule has 0 aliphatic heterocycles. The van der Waals surface area contributed by atoms with Gasteiger partial charge in [0, 0.05) is 12.5 Å². The van der Waals surface area contributed by atoms with Crippen molar-refractivity contribution in [1.82, 2.24) is 0 Å². The lowest BCUT2D eigenvalue weighted by Gasteiger charge is -2.59. The number of carbonyl (C=O) groups excluding carboxylic acids is 2. The number of methoxy groups -OCH3 is 1. The van der Waals surface area contributed by atoms with E-state index in [1.807, 2.05) is 27.7 Å². The maximum atomic E-state index is 12.6. The van der Waals surface area contributed by atoms with Gasteiger partial charge in [0.05, 0.1) is 18.4 Å². The van der Waals surface area contributed by atoms with Crippen LogP contribution in [0, 0.1) is 29.1 Å². The molecule has 0 N–H and O–H groups in total. The molecule has 4 aliphatic rings. The molecule has 4 bridgehead atoms. The minimum atomic E-state index is -0.548. The van der Waals surface area contributed by atoms with Crippen LogP contribution in [0.25, 0.3) is 0 Å². The summed E-state index contributed by atoms with van der Waals surface area (Å²) in [6, 6.07) is 0. The van der Waals surface area contributed by atoms with Crippen molar-refractivity contribution in [3.63, 3.8) is 0 Å².